The molecular weight excluding hydrogens is 252 g/mol. The summed E-state index contributed by atoms with van der Waals surface area (Å²) >= 11 is 0. The highest BCUT2D eigenvalue weighted by molar-refractivity contribution is 6.03. The van der Waals surface area contributed by atoms with Crippen LogP contribution in [0.1, 0.15) is 21.7 Å². The molecule has 100 valence electrons. The van der Waals surface area contributed by atoms with Crippen LogP contribution in [0.25, 0.3) is 5.65 Å². The molecule has 0 aliphatic rings. The van der Waals surface area contributed by atoms with E-state index < -0.39 is 0 Å². The van der Waals surface area contributed by atoms with E-state index in [9.17, 15) is 4.79 Å². The van der Waals surface area contributed by atoms with Gasteiger partial charge in [0, 0.05) is 17.4 Å². The number of hydrogen-bond acceptors (Lipinski definition) is 3. The van der Waals surface area contributed by atoms with Crippen LogP contribution >= 0.6 is 0 Å². The minimum Gasteiger partial charge on any atom is -0.321 e. The van der Waals surface area contributed by atoms with Gasteiger partial charge in [-0.3, -0.25) is 4.79 Å². The average molecular weight is 266 g/mol. The van der Waals surface area contributed by atoms with Gasteiger partial charge in [0.25, 0.3) is 5.91 Å². The van der Waals surface area contributed by atoms with Gasteiger partial charge in [-0.1, -0.05) is 12.1 Å². The molecule has 2 heterocycles. The van der Waals surface area contributed by atoms with Crippen LogP contribution in [-0.4, -0.2) is 20.5 Å². The summed E-state index contributed by atoms with van der Waals surface area (Å²) in [7, 11) is 0. The first-order valence-electron chi connectivity index (χ1n) is 6.33. The molecule has 0 bridgehead atoms. The van der Waals surface area contributed by atoms with Crippen LogP contribution in [0.3, 0.4) is 0 Å². The molecule has 5 nitrogen and oxygen atoms in total. The Morgan fingerprint density at radius 1 is 1.20 bits per heavy atom. The highest BCUT2D eigenvalue weighted by Gasteiger charge is 2.11. The summed E-state index contributed by atoms with van der Waals surface area (Å²) in [5.41, 5.74) is 3.78. The van der Waals surface area contributed by atoms with Crippen molar-refractivity contribution in [3.05, 3.63) is 59.5 Å². The Hall–Kier alpha value is -2.69. The Morgan fingerprint density at radius 3 is 2.85 bits per heavy atom. The zero-order chi connectivity index (χ0) is 14.1. The number of nitrogens with one attached hydrogen (secondary N) is 1. The van der Waals surface area contributed by atoms with E-state index in [4.69, 9.17) is 0 Å². The molecule has 0 saturated carbocycles. The number of amides is 1. The van der Waals surface area contributed by atoms with Gasteiger partial charge in [-0.2, -0.15) is 5.10 Å². The van der Waals surface area contributed by atoms with Crippen molar-refractivity contribution in [2.75, 3.05) is 5.32 Å². The summed E-state index contributed by atoms with van der Waals surface area (Å²) < 4.78 is 1.70. The van der Waals surface area contributed by atoms with Crippen molar-refractivity contribution < 1.29 is 4.79 Å². The predicted molar refractivity (Wildman–Crippen MR) is 76.9 cm³/mol. The molecule has 1 amide bonds. The van der Waals surface area contributed by atoms with Gasteiger partial charge in [-0.25, -0.2) is 9.50 Å². The molecule has 2 aromatic heterocycles. The Kier molecular flexibility index (Phi) is 2.95. The Balaban J connectivity index is 1.92. The lowest BCUT2D eigenvalue weighted by Gasteiger charge is -2.07. The quantitative estimate of drug-likeness (QED) is 0.775. The van der Waals surface area contributed by atoms with Crippen LogP contribution in [0.15, 0.2) is 42.6 Å². The van der Waals surface area contributed by atoms with E-state index in [2.05, 4.69) is 15.4 Å². The van der Waals surface area contributed by atoms with E-state index in [0.29, 0.717) is 11.3 Å². The Labute approximate surface area is 116 Å². The first-order valence-corrected chi connectivity index (χ1v) is 6.33. The second-order valence-electron chi connectivity index (χ2n) is 4.71. The van der Waals surface area contributed by atoms with Crippen LogP contribution in [-0.2, 0) is 0 Å². The summed E-state index contributed by atoms with van der Waals surface area (Å²) in [5.74, 6) is -0.220. The second kappa shape index (κ2) is 4.77. The summed E-state index contributed by atoms with van der Waals surface area (Å²) in [4.78, 5) is 16.5. The number of benzene rings is 1. The zero-order valence-corrected chi connectivity index (χ0v) is 11.3. The fraction of sp³-hybridized carbons (Fsp3) is 0.133. The van der Waals surface area contributed by atoms with E-state index in [1.54, 1.807) is 22.8 Å². The van der Waals surface area contributed by atoms with Crippen molar-refractivity contribution in [3.63, 3.8) is 0 Å². The largest absolute Gasteiger partial charge is 0.321 e. The van der Waals surface area contributed by atoms with Gasteiger partial charge < -0.3 is 5.32 Å². The molecule has 1 N–H and O–H groups in total. The maximum absolute atomic E-state index is 12.2. The first kappa shape index (κ1) is 12.3. The molecule has 0 spiro atoms. The Morgan fingerprint density at radius 2 is 2.05 bits per heavy atom. The summed E-state index contributed by atoms with van der Waals surface area (Å²) in [6, 6.07) is 11.2. The molecular formula is C15H14N4O. The van der Waals surface area contributed by atoms with Crippen molar-refractivity contribution in [3.8, 4) is 0 Å². The first-order chi connectivity index (χ1) is 9.63. The van der Waals surface area contributed by atoms with Crippen LogP contribution in [0.4, 0.5) is 5.69 Å². The number of nitrogens with zero attached hydrogens (tertiary/aromatic N) is 3. The molecule has 3 aromatic rings. The minimum atomic E-state index is -0.220. The number of carbonyl (C=O) groups excluding carboxylic acids is 1. The summed E-state index contributed by atoms with van der Waals surface area (Å²) in [5, 5.41) is 6.99. The highest BCUT2D eigenvalue weighted by Crippen LogP contribution is 2.12. The molecule has 0 atom stereocenters. The van der Waals surface area contributed by atoms with E-state index in [-0.39, 0.29) is 5.91 Å². The molecule has 0 unspecified atom stereocenters. The Bertz CT molecular complexity index is 791. The van der Waals surface area contributed by atoms with E-state index in [1.807, 2.05) is 38.1 Å². The normalized spacial score (nSPS) is 10.7. The third kappa shape index (κ3) is 2.25. The smallest absolute Gasteiger partial charge is 0.274 e. The van der Waals surface area contributed by atoms with Crippen molar-refractivity contribution in [1.82, 2.24) is 14.6 Å². The lowest BCUT2D eigenvalue weighted by molar-refractivity contribution is 0.102. The molecule has 0 fully saturated rings. The topological polar surface area (TPSA) is 59.3 Å². The van der Waals surface area contributed by atoms with Crippen molar-refractivity contribution >= 4 is 17.2 Å². The number of hydrogen-bond donors (Lipinski definition) is 1. The maximum Gasteiger partial charge on any atom is 0.274 e. The van der Waals surface area contributed by atoms with Gasteiger partial charge in [-0.05, 0) is 37.6 Å². The van der Waals surface area contributed by atoms with Crippen LogP contribution < -0.4 is 5.32 Å². The lowest BCUT2D eigenvalue weighted by Crippen LogP contribution is -2.15. The fourth-order valence-corrected chi connectivity index (χ4v) is 2.10. The molecule has 0 aliphatic carbocycles. The monoisotopic (exact) mass is 266 g/mol. The number of fused-ring (bicyclic) bond motifs is 1. The van der Waals surface area contributed by atoms with E-state index in [0.717, 1.165) is 16.9 Å². The SMILES string of the molecule is Cc1cccc(NC(=O)c2cc(C)n3nccc3n2)c1. The number of rotatable bonds is 2. The molecule has 3 rings (SSSR count). The van der Waals surface area contributed by atoms with Gasteiger partial charge in [0.1, 0.15) is 5.69 Å². The van der Waals surface area contributed by atoms with Gasteiger partial charge in [0.05, 0.1) is 6.20 Å². The standard InChI is InChI=1S/C15H14N4O/c1-10-4-3-5-12(8-10)17-15(20)13-9-11(2)19-14(18-13)6-7-16-19/h3-9H,1-2H3,(H,17,20). The van der Waals surface area contributed by atoms with Gasteiger partial charge in [0.2, 0.25) is 0 Å². The number of aromatic nitrogens is 3. The van der Waals surface area contributed by atoms with Gasteiger partial charge >= 0.3 is 0 Å². The molecule has 20 heavy (non-hydrogen) atoms. The molecule has 0 radical (unpaired) electrons. The number of carbonyl (C=O) groups is 1. The molecule has 1 aromatic carbocycles. The third-order valence-electron chi connectivity index (χ3n) is 3.05. The maximum atomic E-state index is 12.2. The molecule has 5 heteroatoms. The third-order valence-corrected chi connectivity index (χ3v) is 3.05. The summed E-state index contributed by atoms with van der Waals surface area (Å²) in [6.07, 6.45) is 1.66. The predicted octanol–water partition coefficient (Wildman–Crippen LogP) is 2.60. The van der Waals surface area contributed by atoms with Crippen LogP contribution in [0.5, 0.6) is 0 Å². The highest BCUT2D eigenvalue weighted by atomic mass is 16.1. The lowest BCUT2D eigenvalue weighted by atomic mass is 10.2. The van der Waals surface area contributed by atoms with Gasteiger partial charge in [0.15, 0.2) is 5.65 Å². The number of aryl methyl sites for hydroxylation is 2. The van der Waals surface area contributed by atoms with Crippen molar-refractivity contribution in [1.29, 1.82) is 0 Å². The molecule has 0 saturated heterocycles. The van der Waals surface area contributed by atoms with E-state index >= 15 is 0 Å². The average Bonchev–Trinajstić information content (AvgIpc) is 2.87. The molecule has 0 aliphatic heterocycles. The van der Waals surface area contributed by atoms with Crippen LogP contribution in [0, 0.1) is 13.8 Å². The van der Waals surface area contributed by atoms with Crippen LogP contribution in [0.2, 0.25) is 0 Å². The van der Waals surface area contributed by atoms with Crippen molar-refractivity contribution in [2.45, 2.75) is 13.8 Å². The van der Waals surface area contributed by atoms with Gasteiger partial charge in [-0.15, -0.1) is 0 Å². The number of anilines is 1. The second-order valence-corrected chi connectivity index (χ2v) is 4.71. The fourth-order valence-electron chi connectivity index (χ4n) is 2.10. The summed E-state index contributed by atoms with van der Waals surface area (Å²) in [6.45, 7) is 3.88. The minimum absolute atomic E-state index is 0.220. The van der Waals surface area contributed by atoms with Crippen molar-refractivity contribution in [2.24, 2.45) is 0 Å². The zero-order valence-electron chi connectivity index (χ0n) is 11.3. The van der Waals surface area contributed by atoms with E-state index in [1.165, 1.54) is 0 Å².